The van der Waals surface area contributed by atoms with Crippen LogP contribution in [0.5, 0.6) is 0 Å². The molecule has 0 aliphatic rings. The van der Waals surface area contributed by atoms with Crippen molar-refractivity contribution in [2.24, 2.45) is 0 Å². The summed E-state index contributed by atoms with van der Waals surface area (Å²) >= 11 is 0. The van der Waals surface area contributed by atoms with Crippen LogP contribution in [0.2, 0.25) is 0 Å². The number of fused-ring (bicyclic) bond motifs is 1. The Labute approximate surface area is 208 Å². The summed E-state index contributed by atoms with van der Waals surface area (Å²) in [6.45, 7) is -0.372. The van der Waals surface area contributed by atoms with Crippen molar-refractivity contribution < 1.29 is 28.3 Å². The average Bonchev–Trinajstić information content (AvgIpc) is 2.91. The second kappa shape index (κ2) is 10.8. The summed E-state index contributed by atoms with van der Waals surface area (Å²) in [5.74, 6) is -3.30. The first-order valence-electron chi connectivity index (χ1n) is 10.9. The van der Waals surface area contributed by atoms with Crippen molar-refractivity contribution in [3.63, 3.8) is 0 Å². The van der Waals surface area contributed by atoms with E-state index >= 15 is 0 Å². The highest BCUT2D eigenvalue weighted by Gasteiger charge is 2.26. The molecule has 1 amide bonds. The molecule has 2 aromatic heterocycles. The predicted molar refractivity (Wildman–Crippen MR) is 129 cm³/mol. The fourth-order valence-corrected chi connectivity index (χ4v) is 3.66. The van der Waals surface area contributed by atoms with Gasteiger partial charge in [0, 0.05) is 29.8 Å². The van der Waals surface area contributed by atoms with Gasteiger partial charge in [0.2, 0.25) is 0 Å². The molecule has 0 saturated carbocycles. The normalized spacial score (nSPS) is 11.6. The molecule has 0 fully saturated rings. The number of methoxy groups -OCH3 is 1. The third kappa shape index (κ3) is 5.23. The van der Waals surface area contributed by atoms with Crippen molar-refractivity contribution in [2.75, 3.05) is 12.5 Å². The molecule has 0 saturated heterocycles. The van der Waals surface area contributed by atoms with E-state index in [2.05, 4.69) is 21.2 Å². The molecule has 0 bridgehead atoms. The quantitative estimate of drug-likeness (QED) is 0.162. The Hall–Kier alpha value is -4.84. The molecule has 10 nitrogen and oxygen atoms in total. The topological polar surface area (TPSA) is 135 Å². The molecule has 0 radical (unpaired) electrons. The zero-order valence-electron chi connectivity index (χ0n) is 19.4. The number of rotatable bonds is 8. The molecule has 12 heteroatoms. The molecule has 4 N–H and O–H groups in total. The molecule has 0 aliphatic heterocycles. The molecule has 4 rings (SSSR count). The number of hydrogen-bond acceptors (Lipinski definition) is 8. The lowest BCUT2D eigenvalue weighted by Gasteiger charge is -2.21. The van der Waals surface area contributed by atoms with Gasteiger partial charge in [0.1, 0.15) is 23.2 Å². The maximum atomic E-state index is 14.0. The standard InChI is InChI=1S/C25H21F2N5O5/c1-37-25(35)20(14-6-3-2-4-7-14)30-31-21-17-8-5-11-28-22(17)32(36)24(34)19(21)23(33)29-13-15-9-10-16(26)12-18(15)27/h2-12,20,30-31,36H,13H2,1H3,(H,29,33)/t20-/m1/s1. The van der Waals surface area contributed by atoms with Gasteiger partial charge in [0.25, 0.3) is 11.5 Å². The highest BCUT2D eigenvalue weighted by Crippen LogP contribution is 2.24. The van der Waals surface area contributed by atoms with Crippen LogP contribution in [0.4, 0.5) is 14.5 Å². The molecule has 0 unspecified atom stereocenters. The number of esters is 1. The summed E-state index contributed by atoms with van der Waals surface area (Å²) in [5.41, 5.74) is 4.07. The Kier molecular flexibility index (Phi) is 7.39. The monoisotopic (exact) mass is 509 g/mol. The van der Waals surface area contributed by atoms with Crippen LogP contribution in [0.25, 0.3) is 11.0 Å². The number of carbonyl (C=O) groups is 2. The van der Waals surface area contributed by atoms with Crippen molar-refractivity contribution in [3.8, 4) is 0 Å². The summed E-state index contributed by atoms with van der Waals surface area (Å²) in [4.78, 5) is 42.6. The number of halogens is 2. The van der Waals surface area contributed by atoms with Crippen molar-refractivity contribution in [1.82, 2.24) is 20.5 Å². The lowest BCUT2D eigenvalue weighted by Crippen LogP contribution is -2.38. The minimum absolute atomic E-state index is 0.0241. The molecule has 2 heterocycles. The Balaban J connectivity index is 1.73. The number of nitrogens with one attached hydrogen (secondary N) is 3. The maximum Gasteiger partial charge on any atom is 0.329 e. The zero-order valence-corrected chi connectivity index (χ0v) is 19.4. The molecule has 0 aliphatic carbocycles. The van der Waals surface area contributed by atoms with Crippen LogP contribution in [-0.4, -0.2) is 33.9 Å². The van der Waals surface area contributed by atoms with Gasteiger partial charge in [-0.15, -0.1) is 4.73 Å². The van der Waals surface area contributed by atoms with Crippen molar-refractivity contribution in [2.45, 2.75) is 12.6 Å². The van der Waals surface area contributed by atoms with E-state index in [1.807, 2.05) is 0 Å². The van der Waals surface area contributed by atoms with E-state index in [1.54, 1.807) is 30.3 Å². The molecule has 190 valence electrons. The highest BCUT2D eigenvalue weighted by atomic mass is 19.1. The largest absolute Gasteiger partial charge is 0.468 e. The number of benzene rings is 2. The van der Waals surface area contributed by atoms with Gasteiger partial charge in [-0.25, -0.2) is 24.0 Å². The van der Waals surface area contributed by atoms with Gasteiger partial charge >= 0.3 is 5.97 Å². The fourth-order valence-electron chi connectivity index (χ4n) is 3.66. The predicted octanol–water partition coefficient (Wildman–Crippen LogP) is 2.67. The van der Waals surface area contributed by atoms with E-state index in [-0.39, 0.29) is 33.6 Å². The van der Waals surface area contributed by atoms with E-state index in [0.717, 1.165) is 12.1 Å². The van der Waals surface area contributed by atoms with E-state index in [1.165, 1.54) is 25.4 Å². The first kappa shape index (κ1) is 25.3. The zero-order chi connectivity index (χ0) is 26.5. The number of carbonyl (C=O) groups excluding carboxylic acids is 2. The first-order valence-corrected chi connectivity index (χ1v) is 10.9. The van der Waals surface area contributed by atoms with E-state index in [4.69, 9.17) is 4.74 Å². The van der Waals surface area contributed by atoms with Gasteiger partial charge in [-0.1, -0.05) is 36.4 Å². The molecule has 4 aromatic rings. The van der Waals surface area contributed by atoms with Crippen LogP contribution in [0, 0.1) is 11.6 Å². The lowest BCUT2D eigenvalue weighted by molar-refractivity contribution is -0.143. The smallest absolute Gasteiger partial charge is 0.329 e. The Morgan fingerprint density at radius 3 is 2.57 bits per heavy atom. The van der Waals surface area contributed by atoms with Crippen LogP contribution in [-0.2, 0) is 16.1 Å². The van der Waals surface area contributed by atoms with Gasteiger partial charge in [-0.3, -0.25) is 9.59 Å². The van der Waals surface area contributed by atoms with Gasteiger partial charge in [0.05, 0.1) is 12.8 Å². The molecular formula is C25H21F2N5O5. The molecule has 37 heavy (non-hydrogen) atoms. The summed E-state index contributed by atoms with van der Waals surface area (Å²) in [7, 11) is 1.21. The van der Waals surface area contributed by atoms with Gasteiger partial charge < -0.3 is 20.7 Å². The van der Waals surface area contributed by atoms with E-state index < -0.39 is 40.7 Å². The third-order valence-electron chi connectivity index (χ3n) is 5.51. The van der Waals surface area contributed by atoms with Crippen LogP contribution in [0.1, 0.15) is 27.5 Å². The maximum absolute atomic E-state index is 14.0. The number of ether oxygens (including phenoxy) is 1. The summed E-state index contributed by atoms with van der Waals surface area (Å²) in [6, 6.07) is 13.3. The van der Waals surface area contributed by atoms with Crippen LogP contribution in [0.15, 0.2) is 71.7 Å². The summed E-state index contributed by atoms with van der Waals surface area (Å²) < 4.78 is 32.3. The van der Waals surface area contributed by atoms with Crippen molar-refractivity contribution in [3.05, 3.63) is 106 Å². The van der Waals surface area contributed by atoms with Crippen LogP contribution in [0.3, 0.4) is 0 Å². The number of nitrogens with zero attached hydrogens (tertiary/aromatic N) is 2. The minimum atomic E-state index is -1.12. The number of aromatic nitrogens is 2. The van der Waals surface area contributed by atoms with Gasteiger partial charge in [0.15, 0.2) is 5.65 Å². The number of amides is 1. The second-order valence-corrected chi connectivity index (χ2v) is 7.80. The SMILES string of the molecule is COC(=O)[C@H](NNc1c(C(=O)NCc2ccc(F)cc2F)c(=O)n(O)c2ncccc12)c1ccccc1. The van der Waals surface area contributed by atoms with E-state index in [0.29, 0.717) is 11.6 Å². The summed E-state index contributed by atoms with van der Waals surface area (Å²) in [6.07, 6.45) is 1.34. The molecule has 2 aromatic carbocycles. The Bertz CT molecular complexity index is 1530. The Morgan fingerprint density at radius 1 is 1.11 bits per heavy atom. The molecule has 0 spiro atoms. The lowest BCUT2D eigenvalue weighted by atomic mass is 10.1. The third-order valence-corrected chi connectivity index (χ3v) is 5.51. The van der Waals surface area contributed by atoms with Crippen molar-refractivity contribution >= 4 is 28.6 Å². The number of hydrogen-bond donors (Lipinski definition) is 4. The average molecular weight is 509 g/mol. The number of hydrazine groups is 1. The highest BCUT2D eigenvalue weighted by molar-refractivity contribution is 6.06. The minimum Gasteiger partial charge on any atom is -0.468 e. The summed E-state index contributed by atoms with van der Waals surface area (Å²) in [5, 5.41) is 12.9. The second-order valence-electron chi connectivity index (χ2n) is 7.80. The Morgan fingerprint density at radius 2 is 1.86 bits per heavy atom. The van der Waals surface area contributed by atoms with Gasteiger partial charge in [-0.05, 0) is 23.8 Å². The number of pyridine rings is 2. The first-order chi connectivity index (χ1) is 17.8. The molecular weight excluding hydrogens is 488 g/mol. The van der Waals surface area contributed by atoms with Crippen molar-refractivity contribution in [1.29, 1.82) is 0 Å². The van der Waals surface area contributed by atoms with E-state index in [9.17, 15) is 28.4 Å². The number of anilines is 1. The van der Waals surface area contributed by atoms with Crippen LogP contribution < -0.4 is 21.7 Å². The van der Waals surface area contributed by atoms with Gasteiger partial charge in [-0.2, -0.15) is 0 Å². The van der Waals surface area contributed by atoms with Crippen LogP contribution >= 0.6 is 0 Å². The molecule has 1 atom stereocenters. The fraction of sp³-hybridized carbons (Fsp3) is 0.120.